The average Bonchev–Trinajstić information content (AvgIpc) is 2.78. The third-order valence-corrected chi connectivity index (χ3v) is 2.32. The van der Waals surface area contributed by atoms with E-state index >= 15 is 0 Å². The molecule has 0 heterocycles. The van der Waals surface area contributed by atoms with Crippen molar-refractivity contribution in [2.75, 3.05) is 27.5 Å². The second-order valence-corrected chi connectivity index (χ2v) is 3.63. The quantitative estimate of drug-likeness (QED) is 0.907. The van der Waals surface area contributed by atoms with E-state index in [2.05, 4.69) is 4.74 Å². The zero-order valence-corrected chi connectivity index (χ0v) is 9.88. The van der Waals surface area contributed by atoms with Gasteiger partial charge in [-0.25, -0.2) is 0 Å². The second kappa shape index (κ2) is 6.59. The number of aliphatic hydroxyl groups is 1. The van der Waals surface area contributed by atoms with Crippen LogP contribution in [0.1, 0.15) is 77.6 Å². The smallest absolute Gasteiger partial charge is 0.118 e. The fourth-order valence-corrected chi connectivity index (χ4v) is 1.46. The maximum Gasteiger partial charge on any atom is 0.118 e. The van der Waals surface area contributed by atoms with Crippen LogP contribution in [0.3, 0.4) is 0 Å². The molecule has 1 aromatic rings. The third-order valence-electron chi connectivity index (χ3n) is 2.32. The molecule has 2 rings (SSSR count). The highest BCUT2D eigenvalue weighted by Crippen LogP contribution is 2.40. The first-order valence-corrected chi connectivity index (χ1v) is 5.17. The summed E-state index contributed by atoms with van der Waals surface area (Å²) in [7, 11) is -3.45. The minimum atomic E-state index is -4.84. The molecule has 1 atom stereocenters. The highest BCUT2D eigenvalue weighted by Gasteiger charge is 2.38. The standard InChI is InChI=1S/C17H27NO2/c1-18(2)13-16(17(19)11-5-4-6-12-17)14-7-9-15(20-3)10-8-14/h7-10,16,19H,4-6,11-13H2,1-3H3/i1D3,2D3,3D3,4D2,5D2,6D2,7D,8D,9D,10D,11D2,12D2,13D2. The lowest BCUT2D eigenvalue weighted by Gasteiger charge is -2.40. The number of nitrogens with zero attached hydrogens (tertiary/aromatic N) is 1. The number of hydrogen-bond donors (Lipinski definition) is 1. The lowest BCUT2D eigenvalue weighted by molar-refractivity contribution is -0.0277. The fourth-order valence-electron chi connectivity index (χ4n) is 1.46. The molecule has 3 nitrogen and oxygen atoms in total. The van der Waals surface area contributed by atoms with E-state index in [9.17, 15) is 5.11 Å². The van der Waals surface area contributed by atoms with Crippen LogP contribution in [0, 0.1) is 0 Å². The number of benzene rings is 1. The molecule has 0 spiro atoms. The molecule has 1 unspecified atom stereocenters. The Kier molecular flexibility index (Phi) is 0.995. The summed E-state index contributed by atoms with van der Waals surface area (Å²) in [6.07, 6.45) is -22.3. The van der Waals surface area contributed by atoms with Gasteiger partial charge in [-0.2, -0.15) is 0 Å². The van der Waals surface area contributed by atoms with Gasteiger partial charge in [-0.15, -0.1) is 0 Å². The Hall–Kier alpha value is -1.06. The fraction of sp³-hybridized carbons (Fsp3) is 0.647. The van der Waals surface area contributed by atoms with Crippen molar-refractivity contribution in [3.63, 3.8) is 0 Å². The largest absolute Gasteiger partial charge is 0.497 e. The zero-order chi connectivity index (χ0) is 36.3. The van der Waals surface area contributed by atoms with Crippen LogP contribution in [-0.4, -0.2) is 43.1 Å². The van der Waals surface area contributed by atoms with Crippen molar-refractivity contribution in [1.29, 1.82) is 0 Å². The van der Waals surface area contributed by atoms with Gasteiger partial charge in [0.15, 0.2) is 0 Å². The van der Waals surface area contributed by atoms with Crippen molar-refractivity contribution < 1.29 is 44.1 Å². The first kappa shape index (κ1) is 3.02. The highest BCUT2D eigenvalue weighted by molar-refractivity contribution is 5.31. The summed E-state index contributed by atoms with van der Waals surface area (Å²) in [4.78, 5) is -1.02. The maximum atomic E-state index is 12.1. The Bertz CT molecular complexity index is 1250. The topological polar surface area (TPSA) is 32.7 Å². The number of rotatable bonds is 5. The Morgan fingerprint density at radius 2 is 2.10 bits per heavy atom. The van der Waals surface area contributed by atoms with Gasteiger partial charge in [-0.3, -0.25) is 0 Å². The lowest BCUT2D eigenvalue weighted by atomic mass is 9.72. The predicted octanol–water partition coefficient (Wildman–Crippen LogP) is 3.04. The molecule has 20 heavy (non-hydrogen) atoms. The molecule has 3 heteroatoms. The van der Waals surface area contributed by atoms with Crippen LogP contribution in [0.5, 0.6) is 5.75 Å². The van der Waals surface area contributed by atoms with E-state index in [1.165, 1.54) is 0 Å². The van der Waals surface area contributed by atoms with Gasteiger partial charge in [0, 0.05) is 37.1 Å². The van der Waals surface area contributed by atoms with E-state index in [0.717, 1.165) is 0 Å². The minimum Gasteiger partial charge on any atom is -0.497 e. The summed E-state index contributed by atoms with van der Waals surface area (Å²) in [5, 5.41) is 12.1. The van der Waals surface area contributed by atoms with Gasteiger partial charge in [0.1, 0.15) is 5.75 Å². The van der Waals surface area contributed by atoms with Crippen LogP contribution in [-0.2, 0) is 0 Å². The molecule has 0 amide bonds. The van der Waals surface area contributed by atoms with Crippen molar-refractivity contribution in [3.8, 4) is 5.75 Å². The normalized spacial score (nSPS) is 53.4. The van der Waals surface area contributed by atoms with E-state index in [1.54, 1.807) is 0 Å². The van der Waals surface area contributed by atoms with Gasteiger partial charge >= 0.3 is 0 Å². The summed E-state index contributed by atoms with van der Waals surface area (Å²) in [6, 6.07) is -6.43. The van der Waals surface area contributed by atoms with Crippen LogP contribution in [0.4, 0.5) is 0 Å². The van der Waals surface area contributed by atoms with Gasteiger partial charge in [-0.1, -0.05) is 31.2 Å². The summed E-state index contributed by atoms with van der Waals surface area (Å²) >= 11 is 0. The molecule has 1 aromatic carbocycles. The molecule has 0 bridgehead atoms. The first-order chi connectivity index (χ1) is 19.3. The molecular formula is C17H27NO2. The van der Waals surface area contributed by atoms with Crippen LogP contribution in [0.25, 0.3) is 0 Å². The summed E-state index contributed by atoms with van der Waals surface area (Å²) in [5.74, 6) is -5.13. The SMILES string of the molecule is [2H]c1c([2H])c(C(C([2H])([2H])N(C([2H])([2H])[2H])C([2H])([2H])[2H])C2(O)C([2H])([2H])C([2H])([2H])C([2H])([2H])C([2H])([2H])C2([2H])[2H])c([2H])c([2H])c1OC([2H])([2H])[2H]. The number of hydrogen-bond acceptors (Lipinski definition) is 3. The zero-order valence-electron chi connectivity index (χ0n) is 34.9. The van der Waals surface area contributed by atoms with Crippen molar-refractivity contribution in [2.45, 2.75) is 43.4 Å². The minimum absolute atomic E-state index is 1.02. The first-order valence-electron chi connectivity index (χ1n) is 17.7. The molecule has 0 saturated heterocycles. The Morgan fingerprint density at radius 3 is 2.70 bits per heavy atom. The molecular weight excluding hydrogens is 250 g/mol. The van der Waals surface area contributed by atoms with Crippen LogP contribution < -0.4 is 4.74 Å². The molecule has 1 saturated carbocycles. The van der Waals surface area contributed by atoms with Crippen LogP contribution in [0.2, 0.25) is 0 Å². The molecule has 1 aliphatic carbocycles. The van der Waals surface area contributed by atoms with E-state index in [4.69, 9.17) is 34.3 Å². The van der Waals surface area contributed by atoms with Crippen molar-refractivity contribution in [2.24, 2.45) is 0 Å². The van der Waals surface area contributed by atoms with E-state index in [0.29, 0.717) is 0 Å². The Balaban J connectivity index is 3.43. The molecule has 112 valence electrons. The predicted molar refractivity (Wildman–Crippen MR) is 82.3 cm³/mol. The van der Waals surface area contributed by atoms with Gasteiger partial charge in [0.25, 0.3) is 0 Å². The molecule has 1 fully saturated rings. The summed E-state index contributed by atoms with van der Waals surface area (Å²) in [6.45, 7) is -12.8. The van der Waals surface area contributed by atoms with Crippen molar-refractivity contribution >= 4 is 0 Å². The number of methoxy groups -OCH3 is 1. The average molecular weight is 303 g/mol. The number of likely N-dealkylation sites (N-methyl/N-ethyl adjacent to an activating group) is 1. The van der Waals surface area contributed by atoms with E-state index < -0.39 is 111 Å². The van der Waals surface area contributed by atoms with Crippen LogP contribution in [0.15, 0.2) is 24.2 Å². The van der Waals surface area contributed by atoms with Crippen molar-refractivity contribution in [1.82, 2.24) is 4.90 Å². The highest BCUT2D eigenvalue weighted by atomic mass is 16.5. The summed E-state index contributed by atoms with van der Waals surface area (Å²) in [5.41, 5.74) is -6.59. The monoisotopic (exact) mass is 302 g/mol. The van der Waals surface area contributed by atoms with Gasteiger partial charge in [-0.05, 0) is 44.3 Å². The molecule has 1 N–H and O–H groups in total. The summed E-state index contributed by atoms with van der Waals surface area (Å²) < 4.78 is 206. The number of ether oxygens (including phenoxy) is 1. The van der Waals surface area contributed by atoms with Gasteiger partial charge in [0.05, 0.1) is 22.2 Å². The second-order valence-electron chi connectivity index (χ2n) is 3.63. The van der Waals surface area contributed by atoms with Crippen molar-refractivity contribution in [3.05, 3.63) is 29.7 Å². The van der Waals surface area contributed by atoms with E-state index in [-0.39, 0.29) is 0 Å². The molecule has 0 radical (unpaired) electrons. The Morgan fingerprint density at radius 1 is 1.40 bits per heavy atom. The molecule has 0 aromatic heterocycles. The lowest BCUT2D eigenvalue weighted by Crippen LogP contribution is -2.42. The van der Waals surface area contributed by atoms with E-state index in [1.807, 2.05) is 0 Å². The van der Waals surface area contributed by atoms with Gasteiger partial charge in [0.2, 0.25) is 0 Å². The van der Waals surface area contributed by atoms with Gasteiger partial charge < -0.3 is 14.7 Å². The van der Waals surface area contributed by atoms with Crippen LogP contribution >= 0.6 is 0 Å². The molecule has 0 aliphatic heterocycles. The maximum absolute atomic E-state index is 12.1. The third kappa shape index (κ3) is 3.53. The molecule has 1 aliphatic rings. The Labute approximate surface area is 157 Å².